The molecule has 1 N–H and O–H groups in total. The van der Waals surface area contributed by atoms with Gasteiger partial charge in [0.15, 0.2) is 5.82 Å². The zero-order valence-corrected chi connectivity index (χ0v) is 12.4. The molecule has 0 unspecified atom stereocenters. The average Bonchev–Trinajstić information content (AvgIpc) is 3.00. The highest BCUT2D eigenvalue weighted by atomic mass is 16.5. The number of rotatable bonds is 3. The van der Waals surface area contributed by atoms with Crippen LogP contribution in [-0.4, -0.2) is 46.6 Å². The highest BCUT2D eigenvalue weighted by molar-refractivity contribution is 5.73. The van der Waals surface area contributed by atoms with Gasteiger partial charge < -0.3 is 15.0 Å². The van der Waals surface area contributed by atoms with Crippen LogP contribution in [0.3, 0.4) is 0 Å². The van der Waals surface area contributed by atoms with Gasteiger partial charge in [-0.15, -0.1) is 0 Å². The Morgan fingerprint density at radius 3 is 3.00 bits per heavy atom. The van der Waals surface area contributed by atoms with Crippen LogP contribution >= 0.6 is 0 Å². The Morgan fingerprint density at radius 1 is 1.43 bits per heavy atom. The zero-order valence-electron chi connectivity index (χ0n) is 12.4. The van der Waals surface area contributed by atoms with E-state index in [2.05, 4.69) is 15.3 Å². The molecule has 114 valence electrons. The molecule has 1 saturated carbocycles. The Kier molecular flexibility index (Phi) is 4.34. The third-order valence-electron chi connectivity index (χ3n) is 4.21. The summed E-state index contributed by atoms with van der Waals surface area (Å²) in [6, 6.07) is 2.23. The van der Waals surface area contributed by atoms with E-state index in [0.29, 0.717) is 31.6 Å². The predicted octanol–water partition coefficient (Wildman–Crippen LogP) is 1.75. The molecule has 1 saturated heterocycles. The van der Waals surface area contributed by atoms with Crippen LogP contribution in [0.15, 0.2) is 12.3 Å². The van der Waals surface area contributed by atoms with Gasteiger partial charge in [-0.3, -0.25) is 4.79 Å². The summed E-state index contributed by atoms with van der Waals surface area (Å²) in [5, 5.41) is 3.47. The standard InChI is InChI=1S/C15H22N4O2/c1-11(20)19-8-9-21-10-13(19)15-16-7-6-14(18-15)17-12-4-2-3-5-12/h6-7,12-13H,2-5,8-10H2,1H3,(H,16,17,18)/t13-/m0/s1. The molecule has 3 rings (SSSR count). The normalized spacial score (nSPS) is 23.3. The van der Waals surface area contributed by atoms with Crippen LogP contribution in [0.4, 0.5) is 5.82 Å². The van der Waals surface area contributed by atoms with Gasteiger partial charge in [-0.2, -0.15) is 0 Å². The molecule has 6 heteroatoms. The van der Waals surface area contributed by atoms with Crippen molar-refractivity contribution < 1.29 is 9.53 Å². The molecule has 1 aliphatic heterocycles. The molecule has 1 amide bonds. The van der Waals surface area contributed by atoms with Crippen LogP contribution in [0.5, 0.6) is 0 Å². The van der Waals surface area contributed by atoms with E-state index in [1.807, 2.05) is 6.07 Å². The van der Waals surface area contributed by atoms with Crippen molar-refractivity contribution in [3.05, 3.63) is 18.1 Å². The summed E-state index contributed by atoms with van der Waals surface area (Å²) in [5.74, 6) is 1.55. The highest BCUT2D eigenvalue weighted by Gasteiger charge is 2.29. The third kappa shape index (κ3) is 3.32. The van der Waals surface area contributed by atoms with E-state index in [1.165, 1.54) is 25.7 Å². The van der Waals surface area contributed by atoms with Gasteiger partial charge in [0.2, 0.25) is 5.91 Å². The molecule has 1 atom stereocenters. The Bertz CT molecular complexity index is 502. The maximum absolute atomic E-state index is 11.7. The van der Waals surface area contributed by atoms with Crippen molar-refractivity contribution in [2.45, 2.75) is 44.7 Å². The summed E-state index contributed by atoms with van der Waals surface area (Å²) in [4.78, 5) is 22.5. The molecule has 2 aliphatic rings. The van der Waals surface area contributed by atoms with E-state index in [0.717, 1.165) is 5.82 Å². The summed E-state index contributed by atoms with van der Waals surface area (Å²) in [6.07, 6.45) is 6.72. The predicted molar refractivity (Wildman–Crippen MR) is 78.9 cm³/mol. The van der Waals surface area contributed by atoms with Crippen LogP contribution in [0.25, 0.3) is 0 Å². The summed E-state index contributed by atoms with van der Waals surface area (Å²) >= 11 is 0. The lowest BCUT2D eigenvalue weighted by Gasteiger charge is -2.33. The van der Waals surface area contributed by atoms with Crippen LogP contribution < -0.4 is 5.32 Å². The first-order valence-corrected chi connectivity index (χ1v) is 7.68. The number of morpholine rings is 1. The van der Waals surface area contributed by atoms with Gasteiger partial charge >= 0.3 is 0 Å². The second-order valence-electron chi connectivity index (χ2n) is 5.73. The fourth-order valence-corrected chi connectivity index (χ4v) is 3.09. The summed E-state index contributed by atoms with van der Waals surface area (Å²) in [6.45, 7) is 3.23. The van der Waals surface area contributed by atoms with Gasteiger partial charge in [-0.25, -0.2) is 9.97 Å². The maximum Gasteiger partial charge on any atom is 0.220 e. The van der Waals surface area contributed by atoms with Crippen molar-refractivity contribution in [3.63, 3.8) is 0 Å². The largest absolute Gasteiger partial charge is 0.377 e. The molecular formula is C15H22N4O2. The number of hydrogen-bond donors (Lipinski definition) is 1. The van der Waals surface area contributed by atoms with Crippen LogP contribution in [0.2, 0.25) is 0 Å². The van der Waals surface area contributed by atoms with E-state index < -0.39 is 0 Å². The molecule has 21 heavy (non-hydrogen) atoms. The summed E-state index contributed by atoms with van der Waals surface area (Å²) in [7, 11) is 0. The van der Waals surface area contributed by atoms with Crippen molar-refractivity contribution >= 4 is 11.7 Å². The molecule has 2 fully saturated rings. The minimum Gasteiger partial charge on any atom is -0.377 e. The second-order valence-corrected chi connectivity index (χ2v) is 5.73. The molecule has 2 heterocycles. The van der Waals surface area contributed by atoms with Gasteiger partial charge in [-0.05, 0) is 18.9 Å². The molecule has 1 aliphatic carbocycles. The Morgan fingerprint density at radius 2 is 2.24 bits per heavy atom. The van der Waals surface area contributed by atoms with Crippen molar-refractivity contribution in [1.29, 1.82) is 0 Å². The molecule has 1 aromatic rings. The zero-order chi connectivity index (χ0) is 14.7. The maximum atomic E-state index is 11.7. The fourth-order valence-electron chi connectivity index (χ4n) is 3.09. The smallest absolute Gasteiger partial charge is 0.220 e. The minimum atomic E-state index is -0.179. The fraction of sp³-hybridized carbons (Fsp3) is 0.667. The number of ether oxygens (including phenoxy) is 1. The van der Waals surface area contributed by atoms with E-state index in [9.17, 15) is 4.79 Å². The van der Waals surface area contributed by atoms with Crippen molar-refractivity contribution in [2.24, 2.45) is 0 Å². The van der Waals surface area contributed by atoms with Crippen molar-refractivity contribution in [1.82, 2.24) is 14.9 Å². The van der Waals surface area contributed by atoms with Gasteiger partial charge in [0.05, 0.1) is 13.2 Å². The number of amides is 1. The van der Waals surface area contributed by atoms with Crippen LogP contribution in [0, 0.1) is 0 Å². The minimum absolute atomic E-state index is 0.0426. The van der Waals surface area contributed by atoms with E-state index >= 15 is 0 Å². The van der Waals surface area contributed by atoms with E-state index in [4.69, 9.17) is 4.74 Å². The first-order chi connectivity index (χ1) is 10.2. The number of nitrogens with zero attached hydrogens (tertiary/aromatic N) is 3. The van der Waals surface area contributed by atoms with Gasteiger partial charge in [0, 0.05) is 25.7 Å². The number of carbonyl (C=O) groups excluding carboxylic acids is 1. The first kappa shape index (κ1) is 14.3. The number of nitrogens with one attached hydrogen (secondary N) is 1. The molecule has 1 aromatic heterocycles. The quantitative estimate of drug-likeness (QED) is 0.918. The summed E-state index contributed by atoms with van der Waals surface area (Å²) in [5.41, 5.74) is 0. The second kappa shape index (κ2) is 6.39. The lowest BCUT2D eigenvalue weighted by molar-refractivity contribution is -0.138. The highest BCUT2D eigenvalue weighted by Crippen LogP contribution is 2.24. The average molecular weight is 290 g/mol. The van der Waals surface area contributed by atoms with Crippen molar-refractivity contribution in [3.8, 4) is 0 Å². The molecule has 0 radical (unpaired) electrons. The summed E-state index contributed by atoms with van der Waals surface area (Å²) < 4.78 is 5.50. The number of anilines is 1. The van der Waals surface area contributed by atoms with Crippen LogP contribution in [0.1, 0.15) is 44.5 Å². The SMILES string of the molecule is CC(=O)N1CCOC[C@H]1c1nccc(NC2CCCC2)n1. The Labute approximate surface area is 124 Å². The topological polar surface area (TPSA) is 67.4 Å². The van der Waals surface area contributed by atoms with Gasteiger partial charge in [-0.1, -0.05) is 12.8 Å². The first-order valence-electron chi connectivity index (χ1n) is 7.68. The Hall–Kier alpha value is -1.69. The lowest BCUT2D eigenvalue weighted by Crippen LogP contribution is -2.43. The van der Waals surface area contributed by atoms with E-state index in [-0.39, 0.29) is 11.9 Å². The monoisotopic (exact) mass is 290 g/mol. The number of hydrogen-bond acceptors (Lipinski definition) is 5. The molecule has 6 nitrogen and oxygen atoms in total. The van der Waals surface area contributed by atoms with Crippen molar-refractivity contribution in [2.75, 3.05) is 25.1 Å². The number of aromatic nitrogens is 2. The van der Waals surface area contributed by atoms with E-state index in [1.54, 1.807) is 18.0 Å². The molecule has 0 spiro atoms. The van der Waals surface area contributed by atoms with Gasteiger partial charge in [0.1, 0.15) is 11.9 Å². The Balaban J connectivity index is 1.75. The third-order valence-corrected chi connectivity index (χ3v) is 4.21. The van der Waals surface area contributed by atoms with Crippen LogP contribution in [-0.2, 0) is 9.53 Å². The molecular weight excluding hydrogens is 268 g/mol. The number of carbonyl (C=O) groups is 1. The molecule has 0 aromatic carbocycles. The lowest BCUT2D eigenvalue weighted by atomic mass is 10.2. The molecule has 0 bridgehead atoms. The van der Waals surface area contributed by atoms with Gasteiger partial charge in [0.25, 0.3) is 0 Å².